The van der Waals surface area contributed by atoms with Crippen LogP contribution in [0.15, 0.2) is 0 Å². The van der Waals surface area contributed by atoms with Crippen molar-refractivity contribution >= 4 is 11.8 Å². The van der Waals surface area contributed by atoms with Gasteiger partial charge in [-0.15, -0.1) is 0 Å². The lowest BCUT2D eigenvalue weighted by molar-refractivity contribution is -0.165. The lowest BCUT2D eigenvalue weighted by atomic mass is 9.75. The Labute approximate surface area is 128 Å². The van der Waals surface area contributed by atoms with Crippen molar-refractivity contribution in [3.8, 4) is 0 Å². The number of piperazine rings is 1. The molecule has 120 valence electrons. The number of amides is 2. The van der Waals surface area contributed by atoms with E-state index in [1.807, 2.05) is 18.7 Å². The average molecular weight is 294 g/mol. The summed E-state index contributed by atoms with van der Waals surface area (Å²) in [5.41, 5.74) is -1.30. The Bertz CT molecular complexity index is 413. The zero-order valence-corrected chi connectivity index (χ0v) is 14.0. The summed E-state index contributed by atoms with van der Waals surface area (Å²) in [6, 6.07) is 0. The summed E-state index contributed by atoms with van der Waals surface area (Å²) in [7, 11) is 0. The van der Waals surface area contributed by atoms with Crippen molar-refractivity contribution in [2.75, 3.05) is 6.54 Å². The maximum Gasteiger partial charge on any atom is 0.248 e. The summed E-state index contributed by atoms with van der Waals surface area (Å²) < 4.78 is 0. The Hall–Kier alpha value is -1.06. The number of carbonyl (C=O) groups is 2. The summed E-state index contributed by atoms with van der Waals surface area (Å²) in [6.45, 7) is 8.88. The van der Waals surface area contributed by atoms with E-state index in [9.17, 15) is 9.59 Å². The molecule has 1 spiro atoms. The molecular weight excluding hydrogens is 264 g/mol. The summed E-state index contributed by atoms with van der Waals surface area (Å²) >= 11 is 0. The van der Waals surface area contributed by atoms with Crippen molar-refractivity contribution in [3.05, 3.63) is 0 Å². The Balaban J connectivity index is 2.32. The highest BCUT2D eigenvalue weighted by Crippen LogP contribution is 2.39. The molecule has 1 N–H and O–H groups in total. The SMILES string of the molecule is CCC1(C)NC(=O)C2(CCCCC2)N(CCC(C)C)C1=O. The topological polar surface area (TPSA) is 49.4 Å². The maximum atomic E-state index is 13.0. The molecule has 0 aromatic rings. The number of rotatable bonds is 4. The molecule has 0 aromatic carbocycles. The highest BCUT2D eigenvalue weighted by molar-refractivity contribution is 6.02. The van der Waals surface area contributed by atoms with Crippen LogP contribution in [0.3, 0.4) is 0 Å². The predicted octanol–water partition coefficient (Wildman–Crippen LogP) is 2.86. The van der Waals surface area contributed by atoms with Gasteiger partial charge in [0, 0.05) is 6.54 Å². The molecule has 4 heteroatoms. The van der Waals surface area contributed by atoms with Crippen molar-refractivity contribution in [3.63, 3.8) is 0 Å². The number of nitrogens with zero attached hydrogens (tertiary/aromatic N) is 1. The van der Waals surface area contributed by atoms with Crippen molar-refractivity contribution in [2.24, 2.45) is 5.92 Å². The zero-order valence-electron chi connectivity index (χ0n) is 14.0. The summed E-state index contributed by atoms with van der Waals surface area (Å²) in [4.78, 5) is 27.8. The van der Waals surface area contributed by atoms with Gasteiger partial charge in [0.1, 0.15) is 11.1 Å². The fourth-order valence-corrected chi connectivity index (χ4v) is 3.61. The number of nitrogens with one attached hydrogen (secondary N) is 1. The van der Waals surface area contributed by atoms with Gasteiger partial charge >= 0.3 is 0 Å². The fraction of sp³-hybridized carbons (Fsp3) is 0.882. The van der Waals surface area contributed by atoms with Crippen LogP contribution in [0.25, 0.3) is 0 Å². The van der Waals surface area contributed by atoms with Crippen LogP contribution in [0, 0.1) is 5.92 Å². The number of carbonyl (C=O) groups excluding carboxylic acids is 2. The zero-order chi connectivity index (χ0) is 15.7. The van der Waals surface area contributed by atoms with Crippen LogP contribution in [0.4, 0.5) is 0 Å². The molecule has 1 saturated heterocycles. The minimum atomic E-state index is -0.725. The second-order valence-corrected chi connectivity index (χ2v) is 7.37. The van der Waals surface area contributed by atoms with E-state index in [-0.39, 0.29) is 11.8 Å². The van der Waals surface area contributed by atoms with E-state index >= 15 is 0 Å². The van der Waals surface area contributed by atoms with Crippen LogP contribution in [0.5, 0.6) is 0 Å². The predicted molar refractivity (Wildman–Crippen MR) is 83.8 cm³/mol. The largest absolute Gasteiger partial charge is 0.340 e. The molecular formula is C17H30N2O2. The first-order valence-corrected chi connectivity index (χ1v) is 8.50. The Morgan fingerprint density at radius 3 is 2.33 bits per heavy atom. The highest BCUT2D eigenvalue weighted by atomic mass is 16.2. The quantitative estimate of drug-likeness (QED) is 0.866. The maximum absolute atomic E-state index is 13.0. The van der Waals surface area contributed by atoms with Gasteiger partial charge in [-0.05, 0) is 38.5 Å². The molecule has 1 atom stereocenters. The standard InChI is InChI=1S/C17H30N2O2/c1-5-16(4)15(21)19(12-9-13(2)3)17(14(20)18-16)10-7-6-8-11-17/h13H,5-12H2,1-4H3,(H,18,20). The van der Waals surface area contributed by atoms with Gasteiger partial charge in [0.25, 0.3) is 0 Å². The third kappa shape index (κ3) is 2.82. The Morgan fingerprint density at radius 2 is 1.81 bits per heavy atom. The first kappa shape index (κ1) is 16.3. The van der Waals surface area contributed by atoms with Gasteiger partial charge < -0.3 is 10.2 Å². The number of hydrogen-bond acceptors (Lipinski definition) is 2. The molecule has 0 bridgehead atoms. The first-order valence-electron chi connectivity index (χ1n) is 8.50. The molecule has 1 unspecified atom stereocenters. The monoisotopic (exact) mass is 294 g/mol. The van der Waals surface area contributed by atoms with Crippen LogP contribution in [0.1, 0.15) is 72.6 Å². The highest BCUT2D eigenvalue weighted by Gasteiger charge is 2.55. The average Bonchev–Trinajstić information content (AvgIpc) is 2.46. The number of hydrogen-bond donors (Lipinski definition) is 1. The molecule has 1 aliphatic carbocycles. The van der Waals surface area contributed by atoms with Gasteiger partial charge in [-0.1, -0.05) is 40.0 Å². The Kier molecular flexibility index (Phi) is 4.64. The van der Waals surface area contributed by atoms with Crippen LogP contribution in [-0.2, 0) is 9.59 Å². The molecule has 1 saturated carbocycles. The lowest BCUT2D eigenvalue weighted by Gasteiger charge is -2.53. The van der Waals surface area contributed by atoms with Crippen molar-refractivity contribution < 1.29 is 9.59 Å². The van der Waals surface area contributed by atoms with Gasteiger partial charge in [0.05, 0.1) is 0 Å². The van der Waals surface area contributed by atoms with Gasteiger partial charge in [-0.2, -0.15) is 0 Å². The van der Waals surface area contributed by atoms with Gasteiger partial charge in [0.15, 0.2) is 0 Å². The molecule has 0 radical (unpaired) electrons. The van der Waals surface area contributed by atoms with E-state index in [1.165, 1.54) is 6.42 Å². The van der Waals surface area contributed by atoms with E-state index in [0.717, 1.165) is 32.1 Å². The molecule has 2 fully saturated rings. The van der Waals surface area contributed by atoms with Crippen molar-refractivity contribution in [1.82, 2.24) is 10.2 Å². The van der Waals surface area contributed by atoms with Crippen LogP contribution < -0.4 is 5.32 Å². The van der Waals surface area contributed by atoms with Crippen LogP contribution >= 0.6 is 0 Å². The van der Waals surface area contributed by atoms with E-state index < -0.39 is 11.1 Å². The molecule has 0 aromatic heterocycles. The third-order valence-corrected chi connectivity index (χ3v) is 5.36. The first-order chi connectivity index (χ1) is 9.85. The van der Waals surface area contributed by atoms with E-state index in [2.05, 4.69) is 19.2 Å². The van der Waals surface area contributed by atoms with E-state index in [0.29, 0.717) is 18.9 Å². The second kappa shape index (κ2) is 5.98. The third-order valence-electron chi connectivity index (χ3n) is 5.36. The molecule has 2 aliphatic rings. The van der Waals surface area contributed by atoms with E-state index in [4.69, 9.17) is 0 Å². The summed E-state index contributed by atoms with van der Waals surface area (Å²) in [5, 5.41) is 3.04. The molecule has 1 aliphatic heterocycles. The molecule has 1 heterocycles. The van der Waals surface area contributed by atoms with Gasteiger partial charge in [-0.25, -0.2) is 0 Å². The van der Waals surface area contributed by atoms with E-state index in [1.54, 1.807) is 0 Å². The summed E-state index contributed by atoms with van der Waals surface area (Å²) in [5.74, 6) is 0.735. The molecule has 4 nitrogen and oxygen atoms in total. The smallest absolute Gasteiger partial charge is 0.248 e. The van der Waals surface area contributed by atoms with Gasteiger partial charge in [-0.3, -0.25) is 9.59 Å². The van der Waals surface area contributed by atoms with Gasteiger partial charge in [0.2, 0.25) is 11.8 Å². The second-order valence-electron chi connectivity index (χ2n) is 7.37. The lowest BCUT2D eigenvalue weighted by Crippen LogP contribution is -2.75. The molecule has 2 amide bonds. The van der Waals surface area contributed by atoms with Crippen molar-refractivity contribution in [2.45, 2.75) is 83.7 Å². The molecule has 21 heavy (non-hydrogen) atoms. The van der Waals surface area contributed by atoms with Crippen LogP contribution in [-0.4, -0.2) is 34.3 Å². The fourth-order valence-electron chi connectivity index (χ4n) is 3.61. The minimum absolute atomic E-state index is 0.0786. The van der Waals surface area contributed by atoms with Crippen LogP contribution in [0.2, 0.25) is 0 Å². The minimum Gasteiger partial charge on any atom is -0.340 e. The Morgan fingerprint density at radius 1 is 1.19 bits per heavy atom. The summed E-state index contributed by atoms with van der Waals surface area (Å²) in [6.07, 6.45) is 6.51. The normalized spacial score (nSPS) is 29.1. The van der Waals surface area contributed by atoms with Crippen molar-refractivity contribution in [1.29, 1.82) is 0 Å². The molecule has 2 rings (SSSR count).